The van der Waals surface area contributed by atoms with E-state index in [4.69, 9.17) is 9.47 Å². The van der Waals surface area contributed by atoms with Crippen molar-refractivity contribution in [2.75, 3.05) is 31.6 Å². The van der Waals surface area contributed by atoms with Gasteiger partial charge >= 0.3 is 6.03 Å². The smallest absolute Gasteiger partial charge is 0.315 e. The van der Waals surface area contributed by atoms with E-state index in [9.17, 15) is 14.7 Å². The van der Waals surface area contributed by atoms with E-state index in [2.05, 4.69) is 21.3 Å². The van der Waals surface area contributed by atoms with E-state index < -0.39 is 6.10 Å². The summed E-state index contributed by atoms with van der Waals surface area (Å²) < 4.78 is 11.5. The number of para-hydroxylation sites is 1. The SMILES string of the molecule is CC1NC(=O)NC1C=C1C(=O)Nc2cccc(OCC(O)CNCCOc3ccccc3)c21. The molecule has 2 aliphatic rings. The lowest BCUT2D eigenvalue weighted by molar-refractivity contribution is -0.110. The molecule has 0 radical (unpaired) electrons. The van der Waals surface area contributed by atoms with Crippen LogP contribution in [-0.2, 0) is 4.79 Å². The fraction of sp³-hybridized carbons (Fsp3) is 0.333. The van der Waals surface area contributed by atoms with Gasteiger partial charge in [0.2, 0.25) is 0 Å². The number of fused-ring (bicyclic) bond motifs is 1. The van der Waals surface area contributed by atoms with Gasteiger partial charge in [-0.3, -0.25) is 4.79 Å². The maximum absolute atomic E-state index is 12.6. The van der Waals surface area contributed by atoms with E-state index in [1.807, 2.05) is 37.3 Å². The minimum Gasteiger partial charge on any atom is -0.492 e. The van der Waals surface area contributed by atoms with Crippen LogP contribution < -0.4 is 30.7 Å². The molecule has 9 nitrogen and oxygen atoms in total. The molecule has 3 unspecified atom stereocenters. The largest absolute Gasteiger partial charge is 0.492 e. The second-order valence-corrected chi connectivity index (χ2v) is 7.98. The molecule has 174 valence electrons. The molecule has 2 aliphatic heterocycles. The number of aliphatic hydroxyl groups is 1. The van der Waals surface area contributed by atoms with Crippen LogP contribution in [0.4, 0.5) is 10.5 Å². The van der Waals surface area contributed by atoms with Gasteiger partial charge in [0.15, 0.2) is 0 Å². The molecule has 5 N–H and O–H groups in total. The number of aliphatic hydroxyl groups excluding tert-OH is 1. The zero-order valence-corrected chi connectivity index (χ0v) is 18.3. The van der Waals surface area contributed by atoms with Crippen molar-refractivity contribution in [3.8, 4) is 11.5 Å². The molecule has 2 heterocycles. The van der Waals surface area contributed by atoms with Crippen LogP contribution in [0.25, 0.3) is 5.57 Å². The standard InChI is InChI=1S/C24H28N4O5/c1-15-20(28-24(31)26-15)12-18-22-19(27-23(18)30)8-5-9-21(22)33-14-16(29)13-25-10-11-32-17-6-3-2-4-7-17/h2-9,12,15-16,20,25,29H,10-11,13-14H2,1H3,(H,27,30)(H2,26,28,31). The van der Waals surface area contributed by atoms with Crippen molar-refractivity contribution in [2.24, 2.45) is 0 Å². The highest BCUT2D eigenvalue weighted by Crippen LogP contribution is 2.39. The van der Waals surface area contributed by atoms with Crippen molar-refractivity contribution in [1.82, 2.24) is 16.0 Å². The Morgan fingerprint density at radius 3 is 2.67 bits per heavy atom. The number of urea groups is 1. The van der Waals surface area contributed by atoms with E-state index in [0.29, 0.717) is 42.3 Å². The van der Waals surface area contributed by atoms with Gasteiger partial charge in [-0.2, -0.15) is 0 Å². The van der Waals surface area contributed by atoms with Crippen LogP contribution in [0.2, 0.25) is 0 Å². The van der Waals surface area contributed by atoms with Gasteiger partial charge in [-0.1, -0.05) is 24.3 Å². The van der Waals surface area contributed by atoms with Crippen LogP contribution in [0.15, 0.2) is 54.6 Å². The number of carbonyl (C=O) groups excluding carboxylic acids is 2. The Hall–Kier alpha value is -3.56. The molecule has 0 spiro atoms. The third kappa shape index (κ3) is 5.63. The summed E-state index contributed by atoms with van der Waals surface area (Å²) >= 11 is 0. The van der Waals surface area contributed by atoms with Crippen molar-refractivity contribution in [3.63, 3.8) is 0 Å². The number of hydrogen-bond acceptors (Lipinski definition) is 6. The lowest BCUT2D eigenvalue weighted by atomic mass is 10.0. The zero-order valence-electron chi connectivity index (χ0n) is 18.3. The second-order valence-electron chi connectivity index (χ2n) is 7.98. The van der Waals surface area contributed by atoms with E-state index in [0.717, 1.165) is 5.75 Å². The molecule has 3 atom stereocenters. The van der Waals surface area contributed by atoms with Gasteiger partial charge < -0.3 is 35.8 Å². The predicted molar refractivity (Wildman–Crippen MR) is 124 cm³/mol. The number of ether oxygens (including phenoxy) is 2. The Labute approximate surface area is 192 Å². The summed E-state index contributed by atoms with van der Waals surface area (Å²) in [5, 5.41) is 21.8. The number of rotatable bonds is 10. The van der Waals surface area contributed by atoms with Crippen LogP contribution in [0.1, 0.15) is 12.5 Å². The molecule has 33 heavy (non-hydrogen) atoms. The zero-order chi connectivity index (χ0) is 23.2. The molecule has 0 aromatic heterocycles. The van der Waals surface area contributed by atoms with E-state index in [1.165, 1.54) is 0 Å². The average molecular weight is 453 g/mol. The third-order valence-corrected chi connectivity index (χ3v) is 5.43. The highest BCUT2D eigenvalue weighted by atomic mass is 16.5. The molecule has 1 saturated heterocycles. The normalized spacial score (nSPS) is 21.2. The van der Waals surface area contributed by atoms with Crippen LogP contribution in [0.5, 0.6) is 11.5 Å². The summed E-state index contributed by atoms with van der Waals surface area (Å²) in [5.74, 6) is 1.04. The number of carbonyl (C=O) groups is 2. The first-order valence-corrected chi connectivity index (χ1v) is 10.9. The molecule has 3 amide bonds. The van der Waals surface area contributed by atoms with Crippen molar-refractivity contribution in [1.29, 1.82) is 0 Å². The van der Waals surface area contributed by atoms with Gasteiger partial charge in [0.05, 0.1) is 28.9 Å². The molecule has 4 rings (SSSR count). The summed E-state index contributed by atoms with van der Waals surface area (Å²) in [7, 11) is 0. The van der Waals surface area contributed by atoms with Crippen molar-refractivity contribution >= 4 is 23.2 Å². The number of nitrogens with one attached hydrogen (secondary N) is 4. The van der Waals surface area contributed by atoms with Crippen molar-refractivity contribution < 1.29 is 24.2 Å². The van der Waals surface area contributed by atoms with Crippen LogP contribution >= 0.6 is 0 Å². The molecular weight excluding hydrogens is 424 g/mol. The maximum atomic E-state index is 12.6. The minimum atomic E-state index is -0.742. The third-order valence-electron chi connectivity index (χ3n) is 5.43. The number of hydrogen-bond donors (Lipinski definition) is 5. The van der Waals surface area contributed by atoms with Gasteiger partial charge in [-0.15, -0.1) is 0 Å². The van der Waals surface area contributed by atoms with E-state index in [1.54, 1.807) is 24.3 Å². The van der Waals surface area contributed by atoms with Gasteiger partial charge in [0, 0.05) is 13.1 Å². The topological polar surface area (TPSA) is 121 Å². The number of anilines is 1. The number of amides is 3. The van der Waals surface area contributed by atoms with Gasteiger partial charge in [0.1, 0.15) is 30.8 Å². The highest BCUT2D eigenvalue weighted by molar-refractivity contribution is 6.32. The average Bonchev–Trinajstić information content (AvgIpc) is 3.30. The van der Waals surface area contributed by atoms with Crippen molar-refractivity contribution in [3.05, 3.63) is 60.2 Å². The molecule has 0 bridgehead atoms. The molecule has 1 fully saturated rings. The summed E-state index contributed by atoms with van der Waals surface area (Å²) in [4.78, 5) is 24.2. The van der Waals surface area contributed by atoms with Crippen LogP contribution in [0.3, 0.4) is 0 Å². The Morgan fingerprint density at radius 1 is 1.09 bits per heavy atom. The summed E-state index contributed by atoms with van der Waals surface area (Å²) in [6.45, 7) is 3.32. The molecule has 0 saturated carbocycles. The van der Waals surface area contributed by atoms with E-state index in [-0.39, 0.29) is 30.6 Å². The second kappa shape index (κ2) is 10.4. The lowest BCUT2D eigenvalue weighted by Gasteiger charge is -2.16. The number of benzene rings is 2. The van der Waals surface area contributed by atoms with Crippen LogP contribution in [-0.4, -0.2) is 61.5 Å². The van der Waals surface area contributed by atoms with Gasteiger partial charge in [-0.25, -0.2) is 4.79 Å². The van der Waals surface area contributed by atoms with Crippen molar-refractivity contribution in [2.45, 2.75) is 25.1 Å². The minimum absolute atomic E-state index is 0.0581. The maximum Gasteiger partial charge on any atom is 0.315 e. The Balaban J connectivity index is 1.31. The molecule has 2 aromatic carbocycles. The fourth-order valence-corrected chi connectivity index (χ4v) is 3.75. The molecule has 9 heteroatoms. The first-order valence-electron chi connectivity index (χ1n) is 10.9. The first-order chi connectivity index (χ1) is 16.0. The van der Waals surface area contributed by atoms with E-state index >= 15 is 0 Å². The quantitative estimate of drug-likeness (QED) is 0.275. The van der Waals surface area contributed by atoms with Crippen LogP contribution in [0, 0.1) is 0 Å². The predicted octanol–water partition coefficient (Wildman–Crippen LogP) is 1.50. The molecule has 2 aromatic rings. The van der Waals surface area contributed by atoms with Gasteiger partial charge in [0.25, 0.3) is 5.91 Å². The Bertz CT molecular complexity index is 1030. The first kappa shape index (κ1) is 22.6. The molecule has 0 aliphatic carbocycles. The highest BCUT2D eigenvalue weighted by Gasteiger charge is 2.32. The molecular formula is C24H28N4O5. The Morgan fingerprint density at radius 2 is 1.91 bits per heavy atom. The summed E-state index contributed by atoms with van der Waals surface area (Å²) in [6, 6.07) is 14.1. The summed E-state index contributed by atoms with van der Waals surface area (Å²) in [6.07, 6.45) is 0.995. The summed E-state index contributed by atoms with van der Waals surface area (Å²) in [5.41, 5.74) is 1.71. The Kier molecular flexibility index (Phi) is 7.11. The fourth-order valence-electron chi connectivity index (χ4n) is 3.75. The van der Waals surface area contributed by atoms with Gasteiger partial charge in [-0.05, 0) is 37.3 Å². The monoisotopic (exact) mass is 452 g/mol. The lowest BCUT2D eigenvalue weighted by Crippen LogP contribution is -2.33.